The Morgan fingerprint density at radius 1 is 1.40 bits per heavy atom. The van der Waals surface area contributed by atoms with Crippen molar-refractivity contribution in [1.82, 2.24) is 9.78 Å². The van der Waals surface area contributed by atoms with E-state index >= 15 is 0 Å². The smallest absolute Gasteiger partial charge is 0.240 e. The summed E-state index contributed by atoms with van der Waals surface area (Å²) in [7, 11) is 2.21. The molecule has 0 N–H and O–H groups in total. The lowest BCUT2D eigenvalue weighted by atomic mass is 10.2. The molecule has 2 aromatic rings. The Morgan fingerprint density at radius 3 is 2.70 bits per heavy atom. The van der Waals surface area contributed by atoms with Gasteiger partial charge in [-0.3, -0.25) is 4.68 Å². The third kappa shape index (κ3) is 2.90. The van der Waals surface area contributed by atoms with E-state index in [1.54, 1.807) is 18.0 Å². The predicted octanol–water partition coefficient (Wildman–Crippen LogP) is 2.46. The molecule has 0 spiro atoms. The van der Waals surface area contributed by atoms with Gasteiger partial charge in [-0.15, -0.1) is 5.10 Å². The maximum absolute atomic E-state index is 11.9. The molecule has 5 nitrogen and oxygen atoms in total. The molecule has 0 aliphatic carbocycles. The van der Waals surface area contributed by atoms with Gasteiger partial charge < -0.3 is 4.74 Å². The third-order valence-electron chi connectivity index (χ3n) is 2.86. The maximum atomic E-state index is 11.9. The van der Waals surface area contributed by atoms with Gasteiger partial charge in [-0.2, -0.15) is 4.40 Å². The Labute approximate surface area is 121 Å². The van der Waals surface area contributed by atoms with E-state index in [-0.39, 0.29) is 4.75 Å². The van der Waals surface area contributed by atoms with Gasteiger partial charge in [-0.1, -0.05) is 6.07 Å². The van der Waals surface area contributed by atoms with Crippen molar-refractivity contribution in [3.05, 3.63) is 23.8 Å². The van der Waals surface area contributed by atoms with Crippen LogP contribution in [0.5, 0.6) is 5.88 Å². The van der Waals surface area contributed by atoms with Crippen LogP contribution in [0.4, 0.5) is 0 Å². The molecule has 1 aromatic carbocycles. The van der Waals surface area contributed by atoms with Crippen LogP contribution in [0.2, 0.25) is 0 Å². The average Bonchev–Trinajstić information content (AvgIpc) is 2.71. The molecule has 2 rings (SSSR count). The molecular weight excluding hydrogens is 274 g/mol. The Morgan fingerprint density at radius 2 is 2.10 bits per heavy atom. The van der Waals surface area contributed by atoms with Crippen molar-refractivity contribution in [3.63, 3.8) is 0 Å². The van der Waals surface area contributed by atoms with E-state index in [4.69, 9.17) is 4.74 Å². The van der Waals surface area contributed by atoms with Crippen molar-refractivity contribution >= 4 is 28.1 Å². The highest BCUT2D eigenvalue weighted by atomic mass is 32.2. The molecule has 0 aliphatic heterocycles. The second-order valence-corrected chi connectivity index (χ2v) is 7.44. The van der Waals surface area contributed by atoms with Crippen LogP contribution in [0.15, 0.2) is 22.6 Å². The Kier molecular flexibility index (Phi) is 3.94. The fourth-order valence-corrected chi connectivity index (χ4v) is 2.28. The summed E-state index contributed by atoms with van der Waals surface area (Å²) in [5.74, 6) is 0.578. The topological polar surface area (TPSA) is 56.5 Å². The molecular formula is C14H19N3O2S. The van der Waals surface area contributed by atoms with Crippen molar-refractivity contribution in [2.24, 2.45) is 11.4 Å². The van der Waals surface area contributed by atoms with Crippen LogP contribution in [-0.4, -0.2) is 32.1 Å². The van der Waals surface area contributed by atoms with Crippen molar-refractivity contribution in [1.29, 1.82) is 0 Å². The van der Waals surface area contributed by atoms with Crippen LogP contribution in [0.1, 0.15) is 26.3 Å². The molecule has 0 saturated carbocycles. The van der Waals surface area contributed by atoms with Crippen molar-refractivity contribution < 1.29 is 8.95 Å². The normalized spacial score (nSPS) is 14.1. The number of aryl methyl sites for hydroxylation is 1. The fourth-order valence-electron chi connectivity index (χ4n) is 1.75. The van der Waals surface area contributed by atoms with Gasteiger partial charge in [0.15, 0.2) is 0 Å². The summed E-state index contributed by atoms with van der Waals surface area (Å²) in [6, 6.07) is 5.81. The van der Waals surface area contributed by atoms with Crippen LogP contribution in [0, 0.1) is 0 Å². The molecule has 0 fully saturated rings. The van der Waals surface area contributed by atoms with Gasteiger partial charge in [-0.25, -0.2) is 4.21 Å². The molecule has 0 aliphatic rings. The minimum absolute atomic E-state index is 0.355. The maximum Gasteiger partial charge on any atom is 0.240 e. The van der Waals surface area contributed by atoms with Crippen molar-refractivity contribution in [2.45, 2.75) is 25.5 Å². The summed E-state index contributed by atoms with van der Waals surface area (Å²) in [5, 5.41) is 5.19. The van der Waals surface area contributed by atoms with Crippen LogP contribution >= 0.6 is 0 Å². The van der Waals surface area contributed by atoms with E-state index in [1.165, 1.54) is 0 Å². The SMILES string of the molecule is COc1nn(C)c2ccc(/C=N/S(=O)C(C)(C)C)cc12. The zero-order valence-electron chi connectivity index (χ0n) is 12.4. The molecule has 20 heavy (non-hydrogen) atoms. The lowest BCUT2D eigenvalue weighted by Gasteiger charge is -2.12. The molecule has 1 unspecified atom stereocenters. The summed E-state index contributed by atoms with van der Waals surface area (Å²) < 4.78 is 22.7. The summed E-state index contributed by atoms with van der Waals surface area (Å²) in [6.45, 7) is 5.69. The van der Waals surface area contributed by atoms with Crippen LogP contribution < -0.4 is 4.74 Å². The standard InChI is InChI=1S/C14H19N3O2S/c1-14(2,3)20(18)15-9-10-6-7-12-11(8-10)13(19-5)16-17(12)4/h6-9H,1-5H3/b15-9+. The van der Waals surface area contributed by atoms with Gasteiger partial charge in [-0.05, 0) is 38.5 Å². The predicted molar refractivity (Wildman–Crippen MR) is 82.8 cm³/mol. The monoisotopic (exact) mass is 293 g/mol. The number of aromatic nitrogens is 2. The summed E-state index contributed by atoms with van der Waals surface area (Å²) in [6.07, 6.45) is 1.63. The summed E-state index contributed by atoms with van der Waals surface area (Å²) >= 11 is 0. The largest absolute Gasteiger partial charge is 0.479 e. The molecule has 108 valence electrons. The van der Waals surface area contributed by atoms with Gasteiger partial charge >= 0.3 is 0 Å². The Hall–Kier alpha value is -1.69. The second kappa shape index (κ2) is 5.36. The summed E-state index contributed by atoms with van der Waals surface area (Å²) in [5.41, 5.74) is 1.86. The average molecular weight is 293 g/mol. The van der Waals surface area contributed by atoms with Gasteiger partial charge in [0.1, 0.15) is 11.0 Å². The Bertz CT molecular complexity index is 684. The van der Waals surface area contributed by atoms with E-state index in [0.717, 1.165) is 16.5 Å². The van der Waals surface area contributed by atoms with Gasteiger partial charge in [0.25, 0.3) is 0 Å². The highest BCUT2D eigenvalue weighted by Crippen LogP contribution is 2.24. The van der Waals surface area contributed by atoms with E-state index in [1.807, 2.05) is 46.0 Å². The number of ether oxygens (including phenoxy) is 1. The fraction of sp³-hybridized carbons (Fsp3) is 0.429. The van der Waals surface area contributed by atoms with Crippen LogP contribution in [-0.2, 0) is 18.0 Å². The van der Waals surface area contributed by atoms with Gasteiger partial charge in [0.2, 0.25) is 5.88 Å². The highest BCUT2D eigenvalue weighted by molar-refractivity contribution is 7.85. The first-order valence-electron chi connectivity index (χ1n) is 6.30. The van der Waals surface area contributed by atoms with E-state index in [0.29, 0.717) is 5.88 Å². The zero-order chi connectivity index (χ0) is 14.9. The van der Waals surface area contributed by atoms with Crippen LogP contribution in [0.3, 0.4) is 0 Å². The lowest BCUT2D eigenvalue weighted by Crippen LogP contribution is -2.19. The minimum Gasteiger partial charge on any atom is -0.479 e. The molecule has 0 amide bonds. The zero-order valence-corrected chi connectivity index (χ0v) is 13.2. The first-order valence-corrected chi connectivity index (χ1v) is 7.40. The number of nitrogens with zero attached hydrogens (tertiary/aromatic N) is 3. The highest BCUT2D eigenvalue weighted by Gasteiger charge is 2.18. The minimum atomic E-state index is -1.26. The number of hydrogen-bond acceptors (Lipinski definition) is 3. The molecule has 0 radical (unpaired) electrons. The molecule has 0 saturated heterocycles. The molecule has 0 bridgehead atoms. The van der Waals surface area contributed by atoms with Gasteiger partial charge in [0, 0.05) is 13.3 Å². The Balaban J connectivity index is 2.37. The first kappa shape index (κ1) is 14.7. The number of rotatable bonds is 3. The van der Waals surface area contributed by atoms with E-state index in [9.17, 15) is 4.21 Å². The molecule has 1 atom stereocenters. The third-order valence-corrected chi connectivity index (χ3v) is 4.20. The number of fused-ring (bicyclic) bond motifs is 1. The van der Waals surface area contributed by atoms with Gasteiger partial charge in [0.05, 0.1) is 22.8 Å². The van der Waals surface area contributed by atoms with E-state index < -0.39 is 11.0 Å². The molecule has 1 heterocycles. The molecule has 6 heteroatoms. The first-order chi connectivity index (χ1) is 9.32. The molecule has 1 aromatic heterocycles. The quantitative estimate of drug-likeness (QED) is 0.817. The second-order valence-electron chi connectivity index (χ2n) is 5.51. The van der Waals surface area contributed by atoms with E-state index in [2.05, 4.69) is 9.50 Å². The number of methoxy groups -OCH3 is 1. The number of hydrogen-bond donors (Lipinski definition) is 0. The summed E-state index contributed by atoms with van der Waals surface area (Å²) in [4.78, 5) is 0. The number of benzene rings is 1. The lowest BCUT2D eigenvalue weighted by molar-refractivity contribution is 0.396. The van der Waals surface area contributed by atoms with Crippen molar-refractivity contribution in [3.8, 4) is 5.88 Å². The van der Waals surface area contributed by atoms with Crippen molar-refractivity contribution in [2.75, 3.05) is 7.11 Å². The van der Waals surface area contributed by atoms with Crippen LogP contribution in [0.25, 0.3) is 10.9 Å².